The largest absolute Gasteiger partial charge is 0.381 e. The zero-order valence-electron chi connectivity index (χ0n) is 12.1. The predicted molar refractivity (Wildman–Crippen MR) is 80.7 cm³/mol. The minimum atomic E-state index is -3.60. The van der Waals surface area contributed by atoms with Gasteiger partial charge in [0, 0.05) is 13.3 Å². The fraction of sp³-hybridized carbons (Fsp3) is 0.357. The first-order chi connectivity index (χ1) is 9.89. The van der Waals surface area contributed by atoms with Crippen LogP contribution >= 0.6 is 0 Å². The van der Waals surface area contributed by atoms with Crippen molar-refractivity contribution in [1.29, 1.82) is 5.26 Å². The van der Waals surface area contributed by atoms with Gasteiger partial charge in [0.1, 0.15) is 11.9 Å². The fourth-order valence-corrected chi connectivity index (χ4v) is 3.51. The number of hydrogen-bond donors (Lipinski definition) is 1. The molecule has 1 unspecified atom stereocenters. The molecular formula is C14H17N3O3S. The molecule has 0 bridgehead atoms. The third-order valence-electron chi connectivity index (χ3n) is 3.32. The minimum Gasteiger partial charge on any atom is -0.381 e. The van der Waals surface area contributed by atoms with Crippen LogP contribution in [0.15, 0.2) is 24.4 Å². The first-order valence-electron chi connectivity index (χ1n) is 6.42. The molecule has 0 aliphatic heterocycles. The molecule has 0 aromatic carbocycles. The molecule has 0 aliphatic rings. The normalized spacial score (nSPS) is 13.0. The number of ether oxygens (including phenoxy) is 1. The van der Waals surface area contributed by atoms with E-state index in [0.29, 0.717) is 5.56 Å². The van der Waals surface area contributed by atoms with Crippen molar-refractivity contribution in [3.63, 3.8) is 0 Å². The van der Waals surface area contributed by atoms with Crippen LogP contribution in [0.2, 0.25) is 0 Å². The predicted octanol–water partition coefficient (Wildman–Crippen LogP) is 1.90. The molecule has 0 aliphatic carbocycles. The zero-order chi connectivity index (χ0) is 15.6. The van der Waals surface area contributed by atoms with Gasteiger partial charge in [-0.05, 0) is 31.5 Å². The van der Waals surface area contributed by atoms with E-state index in [1.807, 2.05) is 12.1 Å². The van der Waals surface area contributed by atoms with Crippen molar-refractivity contribution in [2.75, 3.05) is 17.6 Å². The van der Waals surface area contributed by atoms with E-state index in [1.54, 1.807) is 30.5 Å². The summed E-state index contributed by atoms with van der Waals surface area (Å²) < 4.78 is 33.5. The average molecular weight is 307 g/mol. The highest BCUT2D eigenvalue weighted by Crippen LogP contribution is 2.27. The number of anilines is 1. The van der Waals surface area contributed by atoms with Crippen LogP contribution in [0.25, 0.3) is 5.52 Å². The molecule has 1 atom stereocenters. The molecule has 0 amide bonds. The lowest BCUT2D eigenvalue weighted by atomic mass is 10.2. The second kappa shape index (κ2) is 5.76. The second-order valence-corrected chi connectivity index (χ2v) is 6.61. The summed E-state index contributed by atoms with van der Waals surface area (Å²) in [6.07, 6.45) is 1.29. The second-order valence-electron chi connectivity index (χ2n) is 4.85. The Kier molecular flexibility index (Phi) is 4.21. The summed E-state index contributed by atoms with van der Waals surface area (Å²) in [5.41, 5.74) is 1.87. The van der Waals surface area contributed by atoms with Crippen molar-refractivity contribution in [3.8, 4) is 6.07 Å². The number of aromatic nitrogens is 1. The van der Waals surface area contributed by atoms with Crippen molar-refractivity contribution in [3.05, 3.63) is 35.5 Å². The lowest BCUT2D eigenvalue weighted by molar-refractivity contribution is 0.136. The number of pyridine rings is 1. The number of rotatable bonds is 5. The molecule has 0 saturated carbocycles. The third-order valence-corrected chi connectivity index (χ3v) is 4.73. The molecule has 2 rings (SSSR count). The van der Waals surface area contributed by atoms with Gasteiger partial charge in [-0.2, -0.15) is 5.26 Å². The summed E-state index contributed by atoms with van der Waals surface area (Å²) in [4.78, 5) is 0. The van der Waals surface area contributed by atoms with E-state index in [0.717, 1.165) is 11.1 Å². The highest BCUT2D eigenvalue weighted by atomic mass is 32.2. The first kappa shape index (κ1) is 15.4. The molecule has 112 valence electrons. The highest BCUT2D eigenvalue weighted by molar-refractivity contribution is 7.92. The van der Waals surface area contributed by atoms with Gasteiger partial charge in [0.25, 0.3) is 0 Å². The van der Waals surface area contributed by atoms with Crippen LogP contribution < -0.4 is 4.72 Å². The van der Waals surface area contributed by atoms with Crippen LogP contribution in [0, 0.1) is 18.3 Å². The van der Waals surface area contributed by atoms with Gasteiger partial charge in [0.15, 0.2) is 0 Å². The number of aryl methyl sites for hydroxylation is 1. The molecule has 0 saturated heterocycles. The summed E-state index contributed by atoms with van der Waals surface area (Å²) in [5, 5.41) is 9.30. The Labute approximate surface area is 124 Å². The maximum absolute atomic E-state index is 12.2. The number of nitrogens with zero attached hydrogens (tertiary/aromatic N) is 2. The summed E-state index contributed by atoms with van der Waals surface area (Å²) >= 11 is 0. The van der Waals surface area contributed by atoms with Crippen LogP contribution in [-0.4, -0.2) is 31.8 Å². The maximum atomic E-state index is 12.2. The monoisotopic (exact) mass is 307 g/mol. The maximum Gasteiger partial charge on any atom is 0.236 e. The minimum absolute atomic E-state index is 0.173. The number of hydrogen-bond acceptors (Lipinski definition) is 4. The number of nitriles is 1. The van der Waals surface area contributed by atoms with Crippen molar-refractivity contribution >= 4 is 21.4 Å². The van der Waals surface area contributed by atoms with Gasteiger partial charge in [0.05, 0.1) is 22.9 Å². The van der Waals surface area contributed by atoms with Gasteiger partial charge in [-0.3, -0.25) is 4.72 Å². The van der Waals surface area contributed by atoms with Gasteiger partial charge >= 0.3 is 0 Å². The van der Waals surface area contributed by atoms with E-state index in [1.165, 1.54) is 7.11 Å². The molecule has 2 heterocycles. The summed E-state index contributed by atoms with van der Waals surface area (Å²) in [6, 6.07) is 7.53. The van der Waals surface area contributed by atoms with Crippen LogP contribution in [0.5, 0.6) is 0 Å². The fourth-order valence-electron chi connectivity index (χ4n) is 2.17. The van der Waals surface area contributed by atoms with Gasteiger partial charge in [0.2, 0.25) is 10.0 Å². The lowest BCUT2D eigenvalue weighted by Crippen LogP contribution is -2.26. The van der Waals surface area contributed by atoms with E-state index >= 15 is 0 Å². The van der Waals surface area contributed by atoms with E-state index in [2.05, 4.69) is 10.8 Å². The lowest BCUT2D eigenvalue weighted by Gasteiger charge is -2.12. The number of methoxy groups -OCH3 is 1. The molecule has 0 fully saturated rings. The van der Waals surface area contributed by atoms with Gasteiger partial charge in [-0.15, -0.1) is 0 Å². The van der Waals surface area contributed by atoms with Crippen molar-refractivity contribution in [1.82, 2.24) is 4.40 Å². The van der Waals surface area contributed by atoms with Gasteiger partial charge in [-0.25, -0.2) is 8.42 Å². The van der Waals surface area contributed by atoms with E-state index in [-0.39, 0.29) is 11.6 Å². The van der Waals surface area contributed by atoms with Crippen molar-refractivity contribution in [2.24, 2.45) is 0 Å². The van der Waals surface area contributed by atoms with Crippen LogP contribution in [0.4, 0.5) is 5.82 Å². The smallest absolute Gasteiger partial charge is 0.236 e. The molecule has 2 aromatic rings. The molecule has 0 radical (unpaired) electrons. The molecule has 0 spiro atoms. The molecule has 1 N–H and O–H groups in total. The van der Waals surface area contributed by atoms with Crippen LogP contribution in [0.3, 0.4) is 0 Å². The van der Waals surface area contributed by atoms with Crippen LogP contribution in [-0.2, 0) is 14.8 Å². The van der Waals surface area contributed by atoms with Gasteiger partial charge < -0.3 is 9.14 Å². The first-order valence-corrected chi connectivity index (χ1v) is 8.08. The average Bonchev–Trinajstić information content (AvgIpc) is 2.70. The standard InChI is InChI=1S/C14H17N3O3S/c1-10(20-3)9-21(18,19)16-14-12(8-15)11(2)13-6-4-5-7-17(13)14/h4-7,10,16H,9H2,1-3H3. The SMILES string of the molecule is COC(C)CS(=O)(=O)Nc1c(C#N)c(C)c2ccccn12. The van der Waals surface area contributed by atoms with Gasteiger partial charge in [-0.1, -0.05) is 6.07 Å². The van der Waals surface area contributed by atoms with E-state index in [9.17, 15) is 13.7 Å². The van der Waals surface area contributed by atoms with E-state index in [4.69, 9.17) is 4.74 Å². The van der Waals surface area contributed by atoms with Crippen LogP contribution in [0.1, 0.15) is 18.1 Å². The molecule has 6 nitrogen and oxygen atoms in total. The van der Waals surface area contributed by atoms with E-state index < -0.39 is 16.1 Å². The van der Waals surface area contributed by atoms with Crippen molar-refractivity contribution < 1.29 is 13.2 Å². The summed E-state index contributed by atoms with van der Waals surface area (Å²) in [7, 11) is -2.15. The molecule has 21 heavy (non-hydrogen) atoms. The Balaban J connectivity index is 2.50. The third kappa shape index (κ3) is 3.01. The topological polar surface area (TPSA) is 83.6 Å². The molecular weight excluding hydrogens is 290 g/mol. The number of fused-ring (bicyclic) bond motifs is 1. The quantitative estimate of drug-likeness (QED) is 0.914. The zero-order valence-corrected chi connectivity index (χ0v) is 12.9. The Morgan fingerprint density at radius 3 is 2.81 bits per heavy atom. The Bertz CT molecular complexity index is 803. The Morgan fingerprint density at radius 1 is 1.48 bits per heavy atom. The number of sulfonamides is 1. The molecule has 2 aromatic heterocycles. The Morgan fingerprint density at radius 2 is 2.19 bits per heavy atom. The van der Waals surface area contributed by atoms with Crippen molar-refractivity contribution in [2.45, 2.75) is 20.0 Å². The highest BCUT2D eigenvalue weighted by Gasteiger charge is 2.21. The number of nitrogens with one attached hydrogen (secondary N) is 1. The summed E-state index contributed by atoms with van der Waals surface area (Å²) in [5.74, 6) is 0.0990. The molecule has 7 heteroatoms. The Hall–Kier alpha value is -2.04. The summed E-state index contributed by atoms with van der Waals surface area (Å²) in [6.45, 7) is 3.47.